The van der Waals surface area contributed by atoms with Gasteiger partial charge in [-0.3, -0.25) is 4.79 Å². The zero-order valence-electron chi connectivity index (χ0n) is 6.92. The van der Waals surface area contributed by atoms with Gasteiger partial charge in [-0.1, -0.05) is 23.2 Å². The molecule has 76 valence electrons. The first-order valence-corrected chi connectivity index (χ1v) is 4.38. The molecule has 0 heterocycles. The molecule has 1 aromatic rings. The van der Waals surface area contributed by atoms with Crippen molar-refractivity contribution in [3.8, 4) is 5.75 Å². The Morgan fingerprint density at radius 1 is 1.50 bits per heavy atom. The lowest BCUT2D eigenvalue weighted by atomic mass is 10.3. The van der Waals surface area contributed by atoms with Crippen LogP contribution >= 0.6 is 23.2 Å². The number of nitrogens with one attached hydrogen (secondary N) is 1. The van der Waals surface area contributed by atoms with Gasteiger partial charge in [-0.05, 0) is 18.2 Å². The van der Waals surface area contributed by atoms with E-state index < -0.39 is 5.91 Å². The number of hydrogen-bond donors (Lipinski definition) is 1. The smallest absolute Gasteiger partial charge is 0.247 e. The van der Waals surface area contributed by atoms with Crippen molar-refractivity contribution in [1.82, 2.24) is 5.48 Å². The minimum atomic E-state index is -0.768. The van der Waals surface area contributed by atoms with Crippen LogP contribution in [-0.2, 0) is 4.79 Å². The summed E-state index contributed by atoms with van der Waals surface area (Å²) in [6, 6.07) is 4.56. The van der Waals surface area contributed by atoms with Gasteiger partial charge in [-0.15, -0.1) is 0 Å². The number of ether oxygens (including phenoxy) is 1. The molecule has 4 nitrogen and oxygen atoms in total. The number of amides is 1. The van der Waals surface area contributed by atoms with Crippen molar-refractivity contribution in [3.05, 3.63) is 33.5 Å². The maximum absolute atomic E-state index is 10.5. The van der Waals surface area contributed by atoms with E-state index in [9.17, 15) is 10.0 Å². The first-order chi connectivity index (χ1) is 6.63. The third-order valence-electron chi connectivity index (χ3n) is 1.37. The van der Waals surface area contributed by atoms with Gasteiger partial charge >= 0.3 is 0 Å². The van der Waals surface area contributed by atoms with Crippen LogP contribution in [-0.4, -0.2) is 12.5 Å². The van der Waals surface area contributed by atoms with E-state index in [1.54, 1.807) is 6.07 Å². The molecule has 1 amide bonds. The molecule has 0 spiro atoms. The van der Waals surface area contributed by atoms with E-state index in [1.807, 2.05) is 0 Å². The molecular weight excluding hydrogens is 229 g/mol. The fraction of sp³-hybridized carbons (Fsp3) is 0.125. The normalized spacial score (nSPS) is 9.64. The van der Waals surface area contributed by atoms with Crippen LogP contribution in [0.15, 0.2) is 18.2 Å². The molecular formula is C8H6Cl2NO3-. The SMILES string of the molecule is O=C(COc1ccc(Cl)cc1Cl)N[O-]. The molecule has 0 aliphatic carbocycles. The number of halogens is 2. The van der Waals surface area contributed by atoms with Crippen molar-refractivity contribution in [1.29, 1.82) is 0 Å². The molecule has 0 aliphatic rings. The minimum absolute atomic E-state index is 0.288. The molecule has 0 bridgehead atoms. The Morgan fingerprint density at radius 2 is 2.21 bits per heavy atom. The zero-order chi connectivity index (χ0) is 10.6. The Kier molecular flexibility index (Phi) is 4.00. The van der Waals surface area contributed by atoms with Crippen LogP contribution in [0, 0.1) is 5.21 Å². The third-order valence-corrected chi connectivity index (χ3v) is 1.90. The summed E-state index contributed by atoms with van der Waals surface area (Å²) in [5.41, 5.74) is 1.18. The predicted molar refractivity (Wildman–Crippen MR) is 53.5 cm³/mol. The highest BCUT2D eigenvalue weighted by atomic mass is 35.5. The molecule has 1 aromatic carbocycles. The molecule has 1 N–H and O–H groups in total. The van der Waals surface area contributed by atoms with E-state index in [-0.39, 0.29) is 11.6 Å². The molecule has 0 radical (unpaired) electrons. The molecule has 0 saturated carbocycles. The summed E-state index contributed by atoms with van der Waals surface area (Å²) in [5, 5.41) is 10.6. The van der Waals surface area contributed by atoms with E-state index in [2.05, 4.69) is 0 Å². The molecule has 1 rings (SSSR count). The van der Waals surface area contributed by atoms with E-state index in [0.717, 1.165) is 0 Å². The largest absolute Gasteiger partial charge is 0.759 e. The highest BCUT2D eigenvalue weighted by Gasteiger charge is 2.03. The molecule has 0 fully saturated rings. The first-order valence-electron chi connectivity index (χ1n) is 3.62. The fourth-order valence-electron chi connectivity index (χ4n) is 0.765. The standard InChI is InChI=1S/C8H6Cl2NO3/c9-5-1-2-7(6(10)3-5)14-4-8(12)11-13/h1-3H,4H2,(H-,11,12,13)/q-1. The maximum Gasteiger partial charge on any atom is 0.247 e. The Balaban J connectivity index is 2.63. The van der Waals surface area contributed by atoms with Gasteiger partial charge in [0.05, 0.1) is 5.02 Å². The number of hydroxylamine groups is 1. The number of hydrogen-bond acceptors (Lipinski definition) is 3. The van der Waals surface area contributed by atoms with Crippen molar-refractivity contribution in [2.24, 2.45) is 0 Å². The summed E-state index contributed by atoms with van der Waals surface area (Å²) in [6.45, 7) is -0.370. The lowest BCUT2D eigenvalue weighted by Gasteiger charge is -2.10. The lowest BCUT2D eigenvalue weighted by molar-refractivity contribution is -0.122. The molecule has 0 unspecified atom stereocenters. The summed E-state index contributed by atoms with van der Waals surface area (Å²) >= 11 is 11.4. The van der Waals surface area contributed by atoms with Crippen LogP contribution in [0.1, 0.15) is 0 Å². The Bertz CT molecular complexity index is 343. The Hall–Kier alpha value is -0.970. The molecule has 0 saturated heterocycles. The van der Waals surface area contributed by atoms with Gasteiger partial charge in [0.1, 0.15) is 5.75 Å². The van der Waals surface area contributed by atoms with Crippen molar-refractivity contribution in [2.75, 3.05) is 6.61 Å². The van der Waals surface area contributed by atoms with E-state index >= 15 is 0 Å². The van der Waals surface area contributed by atoms with E-state index in [4.69, 9.17) is 27.9 Å². The molecule has 0 aliphatic heterocycles. The highest BCUT2D eigenvalue weighted by molar-refractivity contribution is 6.35. The number of carbonyl (C=O) groups is 1. The number of benzene rings is 1. The van der Waals surface area contributed by atoms with Crippen LogP contribution in [0.4, 0.5) is 0 Å². The predicted octanol–water partition coefficient (Wildman–Crippen LogP) is 1.99. The van der Waals surface area contributed by atoms with Crippen molar-refractivity contribution in [3.63, 3.8) is 0 Å². The van der Waals surface area contributed by atoms with Crippen LogP contribution in [0.3, 0.4) is 0 Å². The third kappa shape index (κ3) is 3.06. The van der Waals surface area contributed by atoms with Crippen molar-refractivity contribution >= 4 is 29.1 Å². The summed E-state index contributed by atoms with van der Waals surface area (Å²) in [4.78, 5) is 10.5. The average molecular weight is 235 g/mol. The second-order valence-electron chi connectivity index (χ2n) is 2.39. The topological polar surface area (TPSA) is 61.4 Å². The lowest BCUT2D eigenvalue weighted by Crippen LogP contribution is -2.23. The quantitative estimate of drug-likeness (QED) is 0.814. The van der Waals surface area contributed by atoms with Gasteiger partial charge in [0.2, 0.25) is 5.91 Å². The van der Waals surface area contributed by atoms with Crippen LogP contribution < -0.4 is 10.2 Å². The van der Waals surface area contributed by atoms with Crippen LogP contribution in [0.25, 0.3) is 0 Å². The minimum Gasteiger partial charge on any atom is -0.759 e. The van der Waals surface area contributed by atoms with E-state index in [0.29, 0.717) is 10.8 Å². The summed E-state index contributed by atoms with van der Waals surface area (Å²) < 4.78 is 4.94. The van der Waals surface area contributed by atoms with Crippen LogP contribution in [0.2, 0.25) is 10.0 Å². The molecule has 6 heteroatoms. The van der Waals surface area contributed by atoms with Gasteiger partial charge in [-0.2, -0.15) is 0 Å². The highest BCUT2D eigenvalue weighted by Crippen LogP contribution is 2.27. The molecule has 14 heavy (non-hydrogen) atoms. The summed E-state index contributed by atoms with van der Waals surface area (Å²) in [6.07, 6.45) is 0. The van der Waals surface area contributed by atoms with Gasteiger partial charge in [-0.25, -0.2) is 0 Å². The van der Waals surface area contributed by atoms with E-state index in [1.165, 1.54) is 17.6 Å². The van der Waals surface area contributed by atoms with Crippen molar-refractivity contribution in [2.45, 2.75) is 0 Å². The van der Waals surface area contributed by atoms with Gasteiger partial charge in [0, 0.05) is 5.02 Å². The second kappa shape index (κ2) is 5.05. The number of rotatable bonds is 3. The zero-order valence-corrected chi connectivity index (χ0v) is 8.43. The van der Waals surface area contributed by atoms with Crippen molar-refractivity contribution < 1.29 is 9.53 Å². The monoisotopic (exact) mass is 234 g/mol. The van der Waals surface area contributed by atoms with Gasteiger partial charge in [0.25, 0.3) is 0 Å². The first kappa shape index (κ1) is 11.1. The summed E-state index contributed by atoms with van der Waals surface area (Å²) in [7, 11) is 0. The Labute approximate surface area is 90.3 Å². The number of carbonyl (C=O) groups excluding carboxylic acids is 1. The Morgan fingerprint density at radius 3 is 2.79 bits per heavy atom. The maximum atomic E-state index is 10.5. The van der Waals surface area contributed by atoms with Crippen LogP contribution in [0.5, 0.6) is 5.75 Å². The fourth-order valence-corrected chi connectivity index (χ4v) is 1.23. The summed E-state index contributed by atoms with van der Waals surface area (Å²) in [5.74, 6) is -0.462. The van der Waals surface area contributed by atoms with Gasteiger partial charge < -0.3 is 15.4 Å². The van der Waals surface area contributed by atoms with Gasteiger partial charge in [0.15, 0.2) is 6.61 Å². The molecule has 0 atom stereocenters. The molecule has 0 aromatic heterocycles. The second-order valence-corrected chi connectivity index (χ2v) is 3.23. The average Bonchev–Trinajstić information content (AvgIpc) is 2.16.